The first-order chi connectivity index (χ1) is 18.2. The number of benzene rings is 5. The zero-order valence-corrected chi connectivity index (χ0v) is 20.6. The molecular weight excluding hydrogens is 456 g/mol. The molecule has 0 unspecified atom stereocenters. The maximum atomic E-state index is 13.4. The molecule has 0 aliphatic carbocycles. The van der Waals surface area contributed by atoms with Crippen LogP contribution in [0.15, 0.2) is 121 Å². The van der Waals surface area contributed by atoms with Crippen molar-refractivity contribution in [2.45, 2.75) is 12.5 Å². The smallest absolute Gasteiger partial charge is 0.339 e. The van der Waals surface area contributed by atoms with Crippen molar-refractivity contribution in [1.29, 1.82) is 0 Å². The second-order valence-corrected chi connectivity index (χ2v) is 9.03. The second-order valence-electron chi connectivity index (χ2n) is 9.03. The highest BCUT2D eigenvalue weighted by Crippen LogP contribution is 2.49. The van der Waals surface area contributed by atoms with Gasteiger partial charge in [-0.1, -0.05) is 115 Å². The van der Waals surface area contributed by atoms with Crippen LogP contribution in [0.4, 0.5) is 0 Å². The molecule has 6 rings (SSSR count). The lowest BCUT2D eigenvalue weighted by Gasteiger charge is -2.37. The third-order valence-electron chi connectivity index (χ3n) is 6.90. The minimum atomic E-state index is -0.822. The summed E-state index contributed by atoms with van der Waals surface area (Å²) < 4.78 is 12.7. The van der Waals surface area contributed by atoms with Crippen LogP contribution >= 0.6 is 0 Å². The Bertz CT molecular complexity index is 1560. The van der Waals surface area contributed by atoms with Gasteiger partial charge in [0.15, 0.2) is 5.60 Å². The number of fused-ring (bicyclic) bond motifs is 3. The van der Waals surface area contributed by atoms with Crippen LogP contribution < -0.4 is 4.74 Å². The predicted molar refractivity (Wildman–Crippen MR) is 149 cm³/mol. The molecule has 0 saturated heterocycles. The van der Waals surface area contributed by atoms with Gasteiger partial charge < -0.3 is 9.47 Å². The second kappa shape index (κ2) is 9.44. The van der Waals surface area contributed by atoms with Crippen molar-refractivity contribution in [3.63, 3.8) is 0 Å². The maximum Gasteiger partial charge on any atom is 0.339 e. The normalized spacial score (nSPS) is 13.5. The van der Waals surface area contributed by atoms with E-state index in [4.69, 9.17) is 9.47 Å². The van der Waals surface area contributed by atoms with Crippen LogP contribution in [0, 0.1) is 0 Å². The number of rotatable bonds is 5. The Morgan fingerprint density at radius 3 is 1.86 bits per heavy atom. The Hall–Kier alpha value is -4.63. The monoisotopic (exact) mass is 482 g/mol. The van der Waals surface area contributed by atoms with E-state index in [0.29, 0.717) is 12.2 Å². The molecule has 0 bridgehead atoms. The van der Waals surface area contributed by atoms with Crippen LogP contribution in [0.3, 0.4) is 0 Å². The number of hydrogen-bond acceptors (Lipinski definition) is 3. The molecule has 5 aromatic rings. The van der Waals surface area contributed by atoms with Gasteiger partial charge in [0.05, 0.1) is 12.2 Å². The average molecular weight is 483 g/mol. The quantitative estimate of drug-likeness (QED) is 0.238. The molecule has 180 valence electrons. The summed E-state index contributed by atoms with van der Waals surface area (Å²) in [6.45, 7) is 2.13. The lowest BCUT2D eigenvalue weighted by molar-refractivity contribution is 0.0529. The lowest BCUT2D eigenvalue weighted by atomic mass is 9.81. The Morgan fingerprint density at radius 2 is 1.27 bits per heavy atom. The van der Waals surface area contributed by atoms with Gasteiger partial charge in [0, 0.05) is 33.0 Å². The Kier molecular flexibility index (Phi) is 5.82. The van der Waals surface area contributed by atoms with Gasteiger partial charge in [0.25, 0.3) is 0 Å². The molecule has 37 heavy (non-hydrogen) atoms. The molecule has 1 heterocycles. The lowest BCUT2D eigenvalue weighted by Crippen LogP contribution is -2.34. The van der Waals surface area contributed by atoms with Crippen molar-refractivity contribution in [2.24, 2.45) is 0 Å². The number of carbonyl (C=O) groups excluding carboxylic acids is 1. The highest BCUT2D eigenvalue weighted by atomic mass is 16.5. The summed E-state index contributed by atoms with van der Waals surface area (Å²) >= 11 is 0. The van der Waals surface area contributed by atoms with Gasteiger partial charge in [-0.3, -0.25) is 0 Å². The molecule has 0 N–H and O–H groups in total. The third kappa shape index (κ3) is 3.80. The molecular formula is C34H26O3. The van der Waals surface area contributed by atoms with Crippen LogP contribution in [0.5, 0.6) is 5.75 Å². The van der Waals surface area contributed by atoms with Crippen molar-refractivity contribution < 1.29 is 14.3 Å². The van der Waals surface area contributed by atoms with Gasteiger partial charge in [-0.05, 0) is 24.6 Å². The summed E-state index contributed by atoms with van der Waals surface area (Å²) in [6, 6.07) is 38.4. The maximum absolute atomic E-state index is 13.4. The predicted octanol–water partition coefficient (Wildman–Crippen LogP) is 8.03. The van der Waals surface area contributed by atoms with Crippen molar-refractivity contribution in [2.75, 3.05) is 6.61 Å². The van der Waals surface area contributed by atoms with E-state index in [1.54, 1.807) is 0 Å². The summed E-state index contributed by atoms with van der Waals surface area (Å²) in [5.74, 6) is 0.411. The van der Waals surface area contributed by atoms with Crippen LogP contribution in [0.25, 0.3) is 28.0 Å². The van der Waals surface area contributed by atoms with E-state index in [1.165, 1.54) is 0 Å². The topological polar surface area (TPSA) is 35.5 Å². The summed E-state index contributed by atoms with van der Waals surface area (Å²) in [5, 5.41) is 1.68. The third-order valence-corrected chi connectivity index (χ3v) is 6.90. The van der Waals surface area contributed by atoms with Crippen molar-refractivity contribution in [1.82, 2.24) is 0 Å². The van der Waals surface area contributed by atoms with E-state index >= 15 is 0 Å². The van der Waals surface area contributed by atoms with Crippen LogP contribution in [0.1, 0.15) is 34.0 Å². The molecule has 1 aliphatic heterocycles. The van der Waals surface area contributed by atoms with E-state index in [0.717, 1.165) is 44.3 Å². The first-order valence-electron chi connectivity index (χ1n) is 12.5. The highest BCUT2D eigenvalue weighted by Gasteiger charge is 2.39. The zero-order valence-electron chi connectivity index (χ0n) is 20.6. The summed E-state index contributed by atoms with van der Waals surface area (Å²) in [6.07, 6.45) is 4.21. The zero-order chi connectivity index (χ0) is 25.2. The molecule has 0 atom stereocenters. The number of ether oxygens (including phenoxy) is 2. The van der Waals surface area contributed by atoms with Gasteiger partial charge in [-0.15, -0.1) is 0 Å². The van der Waals surface area contributed by atoms with Crippen LogP contribution in [-0.2, 0) is 10.3 Å². The molecule has 0 radical (unpaired) electrons. The first kappa shape index (κ1) is 22.8. The van der Waals surface area contributed by atoms with Crippen LogP contribution in [0.2, 0.25) is 0 Å². The van der Waals surface area contributed by atoms with E-state index in [9.17, 15) is 4.79 Å². The average Bonchev–Trinajstić information content (AvgIpc) is 2.97. The first-order valence-corrected chi connectivity index (χ1v) is 12.5. The summed E-state index contributed by atoms with van der Waals surface area (Å²) in [4.78, 5) is 13.4. The van der Waals surface area contributed by atoms with E-state index in [-0.39, 0.29) is 5.97 Å². The van der Waals surface area contributed by atoms with Gasteiger partial charge in [0.1, 0.15) is 5.75 Å². The summed E-state index contributed by atoms with van der Waals surface area (Å²) in [5.41, 5.74) is 4.42. The molecule has 3 heteroatoms. The fourth-order valence-corrected chi connectivity index (χ4v) is 5.26. The Labute approximate surface area is 216 Å². The molecule has 0 spiro atoms. The minimum absolute atomic E-state index is 0.302. The fourth-order valence-electron chi connectivity index (χ4n) is 5.26. The van der Waals surface area contributed by atoms with Gasteiger partial charge in [-0.2, -0.15) is 0 Å². The van der Waals surface area contributed by atoms with Crippen molar-refractivity contribution >= 4 is 22.8 Å². The SMILES string of the molecule is CCOC(=O)c1c(-c2ccccc2)c2c(c3ccccc13)OC(c1ccccc1)(c1ccccc1)C=C2. The van der Waals surface area contributed by atoms with E-state index in [2.05, 4.69) is 36.4 Å². The molecule has 0 fully saturated rings. The van der Waals surface area contributed by atoms with Crippen LogP contribution in [-0.4, -0.2) is 12.6 Å². The molecule has 5 aromatic carbocycles. The van der Waals surface area contributed by atoms with Gasteiger partial charge in [-0.25, -0.2) is 4.79 Å². The van der Waals surface area contributed by atoms with Gasteiger partial charge in [0.2, 0.25) is 0 Å². The molecule has 0 amide bonds. The number of carbonyl (C=O) groups is 1. The minimum Gasteiger partial charge on any atom is -0.472 e. The van der Waals surface area contributed by atoms with E-state index in [1.807, 2.05) is 97.9 Å². The fraction of sp³-hybridized carbons (Fsp3) is 0.0882. The van der Waals surface area contributed by atoms with Crippen molar-refractivity contribution in [3.8, 4) is 16.9 Å². The Balaban J connectivity index is 1.70. The Morgan fingerprint density at radius 1 is 0.730 bits per heavy atom. The van der Waals surface area contributed by atoms with E-state index < -0.39 is 5.60 Å². The molecule has 0 aromatic heterocycles. The number of esters is 1. The standard InChI is InChI=1S/C34H26O3/c1-2-36-33(35)31-27-20-12-13-21-28(27)32-29(30(31)24-14-6-3-7-15-24)22-23-34(37-32,25-16-8-4-9-17-25)26-18-10-5-11-19-26/h3-23H,2H2,1H3. The van der Waals surface area contributed by atoms with Crippen molar-refractivity contribution in [3.05, 3.63) is 144 Å². The largest absolute Gasteiger partial charge is 0.472 e. The molecule has 0 saturated carbocycles. The highest BCUT2D eigenvalue weighted by molar-refractivity contribution is 6.15. The molecule has 3 nitrogen and oxygen atoms in total. The summed E-state index contributed by atoms with van der Waals surface area (Å²) in [7, 11) is 0. The van der Waals surface area contributed by atoms with Gasteiger partial charge >= 0.3 is 5.97 Å². The molecule has 1 aliphatic rings. The number of hydrogen-bond donors (Lipinski definition) is 0.